The quantitative estimate of drug-likeness (QED) is 0.628. The number of aryl methyl sites for hydroxylation is 1. The highest BCUT2D eigenvalue weighted by Crippen LogP contribution is 2.18. The van der Waals surface area contributed by atoms with Crippen molar-refractivity contribution in [3.8, 4) is 0 Å². The lowest BCUT2D eigenvalue weighted by Gasteiger charge is -2.30. The van der Waals surface area contributed by atoms with Gasteiger partial charge in [0.15, 0.2) is 0 Å². The highest BCUT2D eigenvalue weighted by molar-refractivity contribution is 7.99. The SMILES string of the molecule is CCNC(=O)[C@@H](CC)N(Cc1cccc(C)c1)C(=O)CSCc1ccc(F)cc1. The van der Waals surface area contributed by atoms with Gasteiger partial charge in [-0.15, -0.1) is 11.8 Å². The van der Waals surface area contributed by atoms with E-state index in [1.54, 1.807) is 17.0 Å². The number of thioether (sulfide) groups is 1. The molecule has 0 heterocycles. The van der Waals surface area contributed by atoms with Crippen molar-refractivity contribution in [2.75, 3.05) is 12.3 Å². The molecule has 0 unspecified atom stereocenters. The minimum Gasteiger partial charge on any atom is -0.355 e. The van der Waals surface area contributed by atoms with Crippen molar-refractivity contribution in [1.29, 1.82) is 0 Å². The number of rotatable bonds is 10. The van der Waals surface area contributed by atoms with Gasteiger partial charge in [-0.1, -0.05) is 48.9 Å². The molecular weight excluding hydrogens is 387 g/mol. The van der Waals surface area contributed by atoms with Crippen molar-refractivity contribution < 1.29 is 14.0 Å². The molecule has 0 aromatic heterocycles. The summed E-state index contributed by atoms with van der Waals surface area (Å²) in [6, 6.07) is 13.8. The number of amides is 2. The van der Waals surface area contributed by atoms with Crippen molar-refractivity contribution >= 4 is 23.6 Å². The number of hydrogen-bond donors (Lipinski definition) is 1. The molecule has 0 fully saturated rings. The van der Waals surface area contributed by atoms with Crippen LogP contribution in [0.5, 0.6) is 0 Å². The fourth-order valence-corrected chi connectivity index (χ4v) is 4.01. The number of nitrogens with zero attached hydrogens (tertiary/aromatic N) is 1. The average molecular weight is 417 g/mol. The van der Waals surface area contributed by atoms with Crippen molar-refractivity contribution in [2.24, 2.45) is 0 Å². The lowest BCUT2D eigenvalue weighted by molar-refractivity contribution is -0.139. The van der Waals surface area contributed by atoms with Crippen LogP contribution in [0, 0.1) is 12.7 Å². The fraction of sp³-hybridized carbons (Fsp3) is 0.391. The van der Waals surface area contributed by atoms with E-state index < -0.39 is 6.04 Å². The monoisotopic (exact) mass is 416 g/mol. The van der Waals surface area contributed by atoms with Gasteiger partial charge in [0.2, 0.25) is 11.8 Å². The van der Waals surface area contributed by atoms with Gasteiger partial charge in [-0.3, -0.25) is 9.59 Å². The first-order chi connectivity index (χ1) is 13.9. The Kier molecular flexibility index (Phi) is 9.19. The molecule has 6 heteroatoms. The first kappa shape index (κ1) is 22.9. The third kappa shape index (κ3) is 7.20. The molecule has 156 valence electrons. The Hall–Kier alpha value is -2.34. The standard InChI is InChI=1S/C23H29FN2O2S/c1-4-21(23(28)25-5-2)26(14-19-8-6-7-17(3)13-19)22(27)16-29-15-18-9-11-20(24)12-10-18/h6-13,21H,4-5,14-16H2,1-3H3,(H,25,28)/t21-/m1/s1. The topological polar surface area (TPSA) is 49.4 Å². The molecule has 1 atom stereocenters. The number of benzene rings is 2. The molecular formula is C23H29FN2O2S. The van der Waals surface area contributed by atoms with Crippen LogP contribution in [0.2, 0.25) is 0 Å². The van der Waals surface area contributed by atoms with E-state index in [-0.39, 0.29) is 23.4 Å². The Labute approximate surface area is 176 Å². The third-order valence-electron chi connectivity index (χ3n) is 4.58. The van der Waals surface area contributed by atoms with Gasteiger partial charge in [0.1, 0.15) is 11.9 Å². The van der Waals surface area contributed by atoms with E-state index in [2.05, 4.69) is 5.32 Å². The van der Waals surface area contributed by atoms with E-state index in [4.69, 9.17) is 0 Å². The van der Waals surface area contributed by atoms with E-state index >= 15 is 0 Å². The molecule has 2 amide bonds. The van der Waals surface area contributed by atoms with E-state index in [0.29, 0.717) is 25.3 Å². The molecule has 2 aromatic rings. The summed E-state index contributed by atoms with van der Waals surface area (Å²) in [5, 5.41) is 2.84. The molecule has 0 saturated heterocycles. The number of carbonyl (C=O) groups is 2. The summed E-state index contributed by atoms with van der Waals surface area (Å²) < 4.78 is 13.0. The van der Waals surface area contributed by atoms with Crippen LogP contribution in [0.25, 0.3) is 0 Å². The molecule has 0 aliphatic carbocycles. The summed E-state index contributed by atoms with van der Waals surface area (Å²) in [7, 11) is 0. The van der Waals surface area contributed by atoms with E-state index in [1.807, 2.05) is 45.0 Å². The maximum atomic E-state index is 13.1. The lowest BCUT2D eigenvalue weighted by Crippen LogP contribution is -2.49. The summed E-state index contributed by atoms with van der Waals surface area (Å²) in [6.07, 6.45) is 0.548. The van der Waals surface area contributed by atoms with Crippen LogP contribution >= 0.6 is 11.8 Å². The molecule has 2 rings (SSSR count). The lowest BCUT2D eigenvalue weighted by atomic mass is 10.1. The molecule has 0 spiro atoms. The zero-order valence-corrected chi connectivity index (χ0v) is 18.1. The zero-order valence-electron chi connectivity index (χ0n) is 17.3. The largest absolute Gasteiger partial charge is 0.355 e. The summed E-state index contributed by atoms with van der Waals surface area (Å²) in [5.41, 5.74) is 3.08. The molecule has 4 nitrogen and oxygen atoms in total. The first-order valence-electron chi connectivity index (χ1n) is 9.89. The van der Waals surface area contributed by atoms with Gasteiger partial charge in [0.05, 0.1) is 5.75 Å². The number of nitrogens with one attached hydrogen (secondary N) is 1. The molecule has 0 aliphatic rings. The summed E-state index contributed by atoms with van der Waals surface area (Å²) in [4.78, 5) is 27.3. The van der Waals surface area contributed by atoms with E-state index in [1.165, 1.54) is 23.9 Å². The van der Waals surface area contributed by atoms with E-state index in [9.17, 15) is 14.0 Å². The second-order valence-corrected chi connectivity index (χ2v) is 7.93. The van der Waals surface area contributed by atoms with Gasteiger partial charge in [-0.25, -0.2) is 4.39 Å². The maximum absolute atomic E-state index is 13.1. The van der Waals surface area contributed by atoms with Gasteiger partial charge >= 0.3 is 0 Å². The van der Waals surface area contributed by atoms with Gasteiger partial charge in [-0.2, -0.15) is 0 Å². The third-order valence-corrected chi connectivity index (χ3v) is 5.57. The number of halogens is 1. The normalized spacial score (nSPS) is 11.7. The number of carbonyl (C=O) groups excluding carboxylic acids is 2. The Balaban J connectivity index is 2.10. The highest BCUT2D eigenvalue weighted by Gasteiger charge is 2.28. The second kappa shape index (κ2) is 11.6. The first-order valence-corrected chi connectivity index (χ1v) is 11.0. The van der Waals surface area contributed by atoms with Gasteiger partial charge < -0.3 is 10.2 Å². The van der Waals surface area contributed by atoms with Crippen molar-refractivity contribution in [3.63, 3.8) is 0 Å². The van der Waals surface area contributed by atoms with Crippen molar-refractivity contribution in [1.82, 2.24) is 10.2 Å². The van der Waals surface area contributed by atoms with Gasteiger partial charge in [-0.05, 0) is 43.5 Å². The molecule has 0 saturated carbocycles. The molecule has 1 N–H and O–H groups in total. The average Bonchev–Trinajstić information content (AvgIpc) is 2.69. The van der Waals surface area contributed by atoms with Gasteiger partial charge in [0, 0.05) is 18.8 Å². The second-order valence-electron chi connectivity index (χ2n) is 6.95. The minimum atomic E-state index is -0.505. The molecule has 0 aliphatic heterocycles. The van der Waals surface area contributed by atoms with Crippen LogP contribution in [0.1, 0.15) is 37.0 Å². The Bertz CT molecular complexity index is 811. The predicted octanol–water partition coefficient (Wildman–Crippen LogP) is 4.31. The Morgan fingerprint density at radius 3 is 2.45 bits per heavy atom. The Morgan fingerprint density at radius 2 is 1.83 bits per heavy atom. The minimum absolute atomic E-state index is 0.0725. The maximum Gasteiger partial charge on any atom is 0.242 e. The molecule has 29 heavy (non-hydrogen) atoms. The van der Waals surface area contributed by atoms with Crippen LogP contribution in [0.3, 0.4) is 0 Å². The van der Waals surface area contributed by atoms with Crippen LogP contribution in [-0.4, -0.2) is 35.1 Å². The van der Waals surface area contributed by atoms with Crippen molar-refractivity contribution in [2.45, 2.75) is 45.5 Å². The highest BCUT2D eigenvalue weighted by atomic mass is 32.2. The molecule has 2 aromatic carbocycles. The van der Waals surface area contributed by atoms with E-state index in [0.717, 1.165) is 16.7 Å². The Morgan fingerprint density at radius 1 is 1.10 bits per heavy atom. The fourth-order valence-electron chi connectivity index (χ4n) is 3.14. The van der Waals surface area contributed by atoms with Crippen LogP contribution in [-0.2, 0) is 21.9 Å². The number of hydrogen-bond acceptors (Lipinski definition) is 3. The zero-order chi connectivity index (χ0) is 21.2. The molecule has 0 bridgehead atoms. The predicted molar refractivity (Wildman–Crippen MR) is 117 cm³/mol. The van der Waals surface area contributed by atoms with Crippen LogP contribution in [0.4, 0.5) is 4.39 Å². The van der Waals surface area contributed by atoms with Crippen LogP contribution in [0.15, 0.2) is 48.5 Å². The summed E-state index contributed by atoms with van der Waals surface area (Å²) >= 11 is 1.47. The van der Waals surface area contributed by atoms with Gasteiger partial charge in [0.25, 0.3) is 0 Å². The summed E-state index contributed by atoms with van der Waals surface area (Å²) in [5.74, 6) is 0.407. The molecule has 0 radical (unpaired) electrons. The van der Waals surface area contributed by atoms with Crippen LogP contribution < -0.4 is 5.32 Å². The summed E-state index contributed by atoms with van der Waals surface area (Å²) in [6.45, 7) is 6.72. The number of likely N-dealkylation sites (N-methyl/N-ethyl adjacent to an activating group) is 1. The smallest absolute Gasteiger partial charge is 0.242 e. The van der Waals surface area contributed by atoms with Crippen molar-refractivity contribution in [3.05, 3.63) is 71.0 Å².